The molecule has 5 heteroatoms. The monoisotopic (exact) mass is 324 g/mol. The van der Waals surface area contributed by atoms with E-state index in [0.29, 0.717) is 31.1 Å². The Morgan fingerprint density at radius 1 is 1.23 bits per heavy atom. The zero-order chi connectivity index (χ0) is 16.8. The third-order valence-electron chi connectivity index (χ3n) is 3.36. The van der Waals surface area contributed by atoms with Gasteiger partial charge in [0, 0.05) is 36.5 Å². The van der Waals surface area contributed by atoms with Gasteiger partial charge < -0.3 is 10.2 Å². The number of halogens is 1. The van der Waals surface area contributed by atoms with Gasteiger partial charge in [-0.05, 0) is 18.6 Å². The van der Waals surface area contributed by atoms with E-state index in [4.69, 9.17) is 11.6 Å². The number of hydrogen-bond donors (Lipinski definition) is 1. The molecule has 0 saturated heterocycles. The molecule has 22 heavy (non-hydrogen) atoms. The Kier molecular flexibility index (Phi) is 6.88. The molecule has 0 aliphatic heterocycles. The second-order valence-corrected chi connectivity index (χ2v) is 6.66. The molecule has 2 amide bonds. The number of nitrogens with zero attached hydrogens (tertiary/aromatic N) is 1. The second kappa shape index (κ2) is 8.18. The van der Waals surface area contributed by atoms with Crippen LogP contribution < -0.4 is 5.32 Å². The maximum atomic E-state index is 12.3. The van der Waals surface area contributed by atoms with E-state index in [1.807, 2.05) is 52.0 Å². The van der Waals surface area contributed by atoms with Crippen molar-refractivity contribution in [2.75, 3.05) is 13.1 Å². The molecule has 0 radical (unpaired) electrons. The second-order valence-electron chi connectivity index (χ2n) is 6.26. The molecule has 0 aromatic heterocycles. The first-order chi connectivity index (χ1) is 10.3. The molecule has 0 saturated carbocycles. The van der Waals surface area contributed by atoms with Crippen LogP contribution >= 0.6 is 11.6 Å². The summed E-state index contributed by atoms with van der Waals surface area (Å²) in [6.07, 6.45) is 0.292. The molecular formula is C17H25ClN2O2. The molecular weight excluding hydrogens is 300 g/mol. The lowest BCUT2D eigenvalue weighted by Crippen LogP contribution is -2.38. The van der Waals surface area contributed by atoms with Gasteiger partial charge in [-0.2, -0.15) is 0 Å². The zero-order valence-electron chi connectivity index (χ0n) is 13.8. The minimum absolute atomic E-state index is 0.0108. The average Bonchev–Trinajstić information content (AvgIpc) is 2.45. The Morgan fingerprint density at radius 3 is 2.41 bits per heavy atom. The van der Waals surface area contributed by atoms with E-state index >= 15 is 0 Å². The molecule has 0 aliphatic carbocycles. The van der Waals surface area contributed by atoms with Gasteiger partial charge >= 0.3 is 0 Å². The van der Waals surface area contributed by atoms with E-state index in [-0.39, 0.29) is 11.8 Å². The zero-order valence-corrected chi connectivity index (χ0v) is 14.5. The predicted molar refractivity (Wildman–Crippen MR) is 89.6 cm³/mol. The number of carbonyl (C=O) groups is 2. The fraction of sp³-hybridized carbons (Fsp3) is 0.529. The largest absolute Gasteiger partial charge is 0.355 e. The van der Waals surface area contributed by atoms with Gasteiger partial charge in [-0.15, -0.1) is 0 Å². The van der Waals surface area contributed by atoms with Crippen LogP contribution in [0.15, 0.2) is 24.3 Å². The topological polar surface area (TPSA) is 49.4 Å². The molecule has 122 valence electrons. The summed E-state index contributed by atoms with van der Waals surface area (Å²) < 4.78 is 0. The summed E-state index contributed by atoms with van der Waals surface area (Å²) in [6, 6.07) is 7.51. The highest BCUT2D eigenvalue weighted by molar-refractivity contribution is 6.31. The van der Waals surface area contributed by atoms with Crippen LogP contribution in [0.3, 0.4) is 0 Å². The van der Waals surface area contributed by atoms with Crippen LogP contribution in [0.25, 0.3) is 0 Å². The van der Waals surface area contributed by atoms with Gasteiger partial charge in [0.2, 0.25) is 11.8 Å². The summed E-state index contributed by atoms with van der Waals surface area (Å²) >= 11 is 6.13. The summed E-state index contributed by atoms with van der Waals surface area (Å²) in [4.78, 5) is 25.8. The van der Waals surface area contributed by atoms with Gasteiger partial charge in [0.1, 0.15) is 0 Å². The molecule has 1 aromatic carbocycles. The molecule has 1 aromatic rings. The van der Waals surface area contributed by atoms with Crippen LogP contribution in [-0.2, 0) is 16.1 Å². The van der Waals surface area contributed by atoms with Gasteiger partial charge in [-0.1, -0.05) is 50.6 Å². The summed E-state index contributed by atoms with van der Waals surface area (Å²) in [5, 5.41) is 3.46. The van der Waals surface area contributed by atoms with Gasteiger partial charge in [-0.25, -0.2) is 0 Å². The minimum Gasteiger partial charge on any atom is -0.355 e. The predicted octanol–water partition coefficient (Wildman–Crippen LogP) is 3.24. The Labute approximate surface area is 137 Å². The van der Waals surface area contributed by atoms with Crippen molar-refractivity contribution in [3.8, 4) is 0 Å². The lowest BCUT2D eigenvalue weighted by Gasteiger charge is -2.22. The molecule has 4 nitrogen and oxygen atoms in total. The van der Waals surface area contributed by atoms with Crippen molar-refractivity contribution < 1.29 is 9.59 Å². The van der Waals surface area contributed by atoms with Crippen molar-refractivity contribution >= 4 is 23.4 Å². The lowest BCUT2D eigenvalue weighted by atomic mass is 9.96. The highest BCUT2D eigenvalue weighted by atomic mass is 35.5. The SMILES string of the molecule is CCN(Cc1ccccc1Cl)C(=O)CCNC(=O)C(C)(C)C. The lowest BCUT2D eigenvalue weighted by molar-refractivity contribution is -0.132. The van der Waals surface area contributed by atoms with Crippen molar-refractivity contribution in [1.29, 1.82) is 0 Å². The highest BCUT2D eigenvalue weighted by Gasteiger charge is 2.21. The molecule has 1 rings (SSSR count). The standard InChI is InChI=1S/C17H25ClN2O2/c1-5-20(12-13-8-6-7-9-14(13)18)15(21)10-11-19-16(22)17(2,3)4/h6-9H,5,10-12H2,1-4H3,(H,19,22). The van der Waals surface area contributed by atoms with Crippen LogP contribution in [0.2, 0.25) is 5.02 Å². The number of nitrogens with one attached hydrogen (secondary N) is 1. The van der Waals surface area contributed by atoms with Gasteiger partial charge in [0.05, 0.1) is 0 Å². The maximum Gasteiger partial charge on any atom is 0.225 e. The Morgan fingerprint density at radius 2 is 1.86 bits per heavy atom. The van der Waals surface area contributed by atoms with Crippen LogP contribution in [-0.4, -0.2) is 29.8 Å². The van der Waals surface area contributed by atoms with Crippen molar-refractivity contribution in [3.05, 3.63) is 34.9 Å². The summed E-state index contributed by atoms with van der Waals surface area (Å²) in [5.41, 5.74) is 0.489. The Balaban J connectivity index is 2.52. The maximum absolute atomic E-state index is 12.3. The molecule has 0 unspecified atom stereocenters. The van der Waals surface area contributed by atoms with E-state index in [9.17, 15) is 9.59 Å². The molecule has 0 bridgehead atoms. The average molecular weight is 325 g/mol. The molecule has 0 spiro atoms. The molecule has 0 fully saturated rings. The van der Waals surface area contributed by atoms with Crippen molar-refractivity contribution in [2.24, 2.45) is 5.41 Å². The number of hydrogen-bond acceptors (Lipinski definition) is 2. The summed E-state index contributed by atoms with van der Waals surface area (Å²) in [7, 11) is 0. The normalized spacial score (nSPS) is 11.1. The van der Waals surface area contributed by atoms with Gasteiger partial charge in [0.15, 0.2) is 0 Å². The fourth-order valence-corrected chi connectivity index (χ4v) is 2.11. The minimum atomic E-state index is -0.439. The van der Waals surface area contributed by atoms with Crippen molar-refractivity contribution in [3.63, 3.8) is 0 Å². The van der Waals surface area contributed by atoms with Crippen LogP contribution in [0.1, 0.15) is 39.7 Å². The van der Waals surface area contributed by atoms with Crippen LogP contribution in [0, 0.1) is 5.41 Å². The van der Waals surface area contributed by atoms with Crippen molar-refractivity contribution in [2.45, 2.75) is 40.7 Å². The van der Waals surface area contributed by atoms with Crippen LogP contribution in [0.5, 0.6) is 0 Å². The Bertz CT molecular complexity index is 524. The number of amides is 2. The third kappa shape index (κ3) is 5.68. The Hall–Kier alpha value is -1.55. The van der Waals surface area contributed by atoms with Gasteiger partial charge in [0.25, 0.3) is 0 Å². The summed E-state index contributed by atoms with van der Waals surface area (Å²) in [5.74, 6) is -0.0360. The van der Waals surface area contributed by atoms with Crippen molar-refractivity contribution in [1.82, 2.24) is 10.2 Å². The highest BCUT2D eigenvalue weighted by Crippen LogP contribution is 2.17. The van der Waals surface area contributed by atoms with E-state index in [1.165, 1.54) is 0 Å². The van der Waals surface area contributed by atoms with E-state index < -0.39 is 5.41 Å². The number of rotatable bonds is 6. The third-order valence-corrected chi connectivity index (χ3v) is 3.73. The van der Waals surface area contributed by atoms with E-state index in [0.717, 1.165) is 5.56 Å². The van der Waals surface area contributed by atoms with Gasteiger partial charge in [-0.3, -0.25) is 9.59 Å². The quantitative estimate of drug-likeness (QED) is 0.873. The molecule has 1 N–H and O–H groups in total. The van der Waals surface area contributed by atoms with Crippen LogP contribution in [0.4, 0.5) is 0 Å². The molecule has 0 aliphatic rings. The fourth-order valence-electron chi connectivity index (χ4n) is 1.91. The van der Waals surface area contributed by atoms with E-state index in [1.54, 1.807) is 4.90 Å². The first-order valence-corrected chi connectivity index (χ1v) is 7.93. The number of benzene rings is 1. The molecule has 0 heterocycles. The first-order valence-electron chi connectivity index (χ1n) is 7.55. The summed E-state index contributed by atoms with van der Waals surface area (Å²) in [6.45, 7) is 8.93. The smallest absolute Gasteiger partial charge is 0.225 e. The number of carbonyl (C=O) groups excluding carboxylic acids is 2. The first kappa shape index (κ1) is 18.5. The van der Waals surface area contributed by atoms with E-state index in [2.05, 4.69) is 5.32 Å². The molecule has 0 atom stereocenters.